The molecule has 1 aromatic heterocycles. The molecular formula is C18H19N3O. The Morgan fingerprint density at radius 1 is 0.909 bits per heavy atom. The highest BCUT2D eigenvalue weighted by Gasteiger charge is 2.10. The fourth-order valence-corrected chi connectivity index (χ4v) is 2.28. The molecule has 0 spiro atoms. The molecule has 4 heteroatoms. The first kappa shape index (κ1) is 14.3. The van der Waals surface area contributed by atoms with Gasteiger partial charge in [0.25, 0.3) is 0 Å². The van der Waals surface area contributed by atoms with E-state index in [1.807, 2.05) is 31.2 Å². The Kier molecular flexibility index (Phi) is 3.92. The van der Waals surface area contributed by atoms with E-state index in [1.54, 1.807) is 0 Å². The van der Waals surface area contributed by atoms with Crippen molar-refractivity contribution in [3.63, 3.8) is 0 Å². The molecule has 0 fully saturated rings. The lowest BCUT2D eigenvalue weighted by atomic mass is 10.1. The number of hydrogen-bond donors (Lipinski definition) is 1. The molecule has 0 saturated heterocycles. The number of aryl methyl sites for hydroxylation is 3. The van der Waals surface area contributed by atoms with Gasteiger partial charge in [-0.05, 0) is 55.7 Å². The van der Waals surface area contributed by atoms with Crippen molar-refractivity contribution >= 4 is 5.69 Å². The van der Waals surface area contributed by atoms with Crippen LogP contribution in [0.1, 0.15) is 22.6 Å². The van der Waals surface area contributed by atoms with Crippen molar-refractivity contribution in [2.24, 2.45) is 0 Å². The average molecular weight is 293 g/mol. The van der Waals surface area contributed by atoms with Crippen molar-refractivity contribution in [1.29, 1.82) is 0 Å². The van der Waals surface area contributed by atoms with Crippen LogP contribution in [-0.2, 0) is 6.54 Å². The minimum Gasteiger partial charge on any atom is -0.419 e. The molecule has 1 N–H and O–H groups in total. The highest BCUT2D eigenvalue weighted by atomic mass is 16.4. The van der Waals surface area contributed by atoms with E-state index < -0.39 is 0 Å². The van der Waals surface area contributed by atoms with E-state index >= 15 is 0 Å². The Balaban J connectivity index is 1.72. The van der Waals surface area contributed by atoms with Crippen molar-refractivity contribution < 1.29 is 4.42 Å². The van der Waals surface area contributed by atoms with E-state index in [0.29, 0.717) is 18.3 Å². The summed E-state index contributed by atoms with van der Waals surface area (Å²) in [6.07, 6.45) is 0. The highest BCUT2D eigenvalue weighted by Crippen LogP contribution is 2.22. The Hall–Kier alpha value is -2.62. The number of aromatic nitrogens is 2. The van der Waals surface area contributed by atoms with Crippen molar-refractivity contribution in [3.8, 4) is 11.5 Å². The van der Waals surface area contributed by atoms with E-state index in [-0.39, 0.29) is 0 Å². The normalized spacial score (nSPS) is 10.7. The molecule has 22 heavy (non-hydrogen) atoms. The first-order chi connectivity index (χ1) is 10.6. The van der Waals surface area contributed by atoms with Gasteiger partial charge in [0.2, 0.25) is 11.8 Å². The largest absolute Gasteiger partial charge is 0.419 e. The zero-order valence-corrected chi connectivity index (χ0v) is 13.1. The zero-order chi connectivity index (χ0) is 15.5. The molecule has 0 amide bonds. The van der Waals surface area contributed by atoms with Gasteiger partial charge in [-0.1, -0.05) is 24.3 Å². The molecule has 0 radical (unpaired) electrons. The van der Waals surface area contributed by atoms with E-state index in [2.05, 4.69) is 47.6 Å². The molecule has 0 aliphatic rings. The first-order valence-corrected chi connectivity index (χ1v) is 7.33. The summed E-state index contributed by atoms with van der Waals surface area (Å²) in [4.78, 5) is 0. The average Bonchev–Trinajstić information content (AvgIpc) is 2.98. The van der Waals surface area contributed by atoms with Crippen LogP contribution in [0.25, 0.3) is 11.5 Å². The number of rotatable bonds is 4. The van der Waals surface area contributed by atoms with Crippen LogP contribution in [0.3, 0.4) is 0 Å². The van der Waals surface area contributed by atoms with Crippen LogP contribution in [0, 0.1) is 20.8 Å². The minimum absolute atomic E-state index is 0.515. The molecule has 3 aromatic rings. The second-order valence-corrected chi connectivity index (χ2v) is 5.47. The van der Waals surface area contributed by atoms with E-state index in [0.717, 1.165) is 16.8 Å². The van der Waals surface area contributed by atoms with Crippen LogP contribution in [0.15, 0.2) is 46.9 Å². The predicted molar refractivity (Wildman–Crippen MR) is 87.7 cm³/mol. The SMILES string of the molecule is Cc1ccc(NCc2nnc(-c3ccccc3C)o2)cc1C. The van der Waals surface area contributed by atoms with Crippen molar-refractivity contribution in [2.75, 3.05) is 5.32 Å². The Labute approximate surface area is 130 Å². The van der Waals surface area contributed by atoms with Crippen molar-refractivity contribution in [3.05, 3.63) is 65.0 Å². The summed E-state index contributed by atoms with van der Waals surface area (Å²) in [7, 11) is 0. The summed E-state index contributed by atoms with van der Waals surface area (Å²) >= 11 is 0. The maximum Gasteiger partial charge on any atom is 0.248 e. The fourth-order valence-electron chi connectivity index (χ4n) is 2.28. The number of nitrogens with zero attached hydrogens (tertiary/aromatic N) is 2. The molecule has 0 unspecified atom stereocenters. The lowest BCUT2D eigenvalue weighted by molar-refractivity contribution is 0.514. The monoisotopic (exact) mass is 293 g/mol. The van der Waals surface area contributed by atoms with Crippen LogP contribution in [0.5, 0.6) is 0 Å². The smallest absolute Gasteiger partial charge is 0.248 e. The van der Waals surface area contributed by atoms with Crippen molar-refractivity contribution in [2.45, 2.75) is 27.3 Å². The lowest BCUT2D eigenvalue weighted by Crippen LogP contribution is -2.00. The van der Waals surface area contributed by atoms with Gasteiger partial charge in [0.15, 0.2) is 0 Å². The molecule has 112 valence electrons. The van der Waals surface area contributed by atoms with Crippen LogP contribution < -0.4 is 5.32 Å². The molecule has 3 rings (SSSR count). The number of nitrogens with one attached hydrogen (secondary N) is 1. The summed E-state index contributed by atoms with van der Waals surface area (Å²) in [5.74, 6) is 1.14. The Bertz CT molecular complexity index is 793. The van der Waals surface area contributed by atoms with E-state index in [4.69, 9.17) is 4.42 Å². The first-order valence-electron chi connectivity index (χ1n) is 7.33. The molecular weight excluding hydrogens is 274 g/mol. The van der Waals surface area contributed by atoms with Gasteiger partial charge >= 0.3 is 0 Å². The Morgan fingerprint density at radius 3 is 2.50 bits per heavy atom. The topological polar surface area (TPSA) is 51.0 Å². The second-order valence-electron chi connectivity index (χ2n) is 5.47. The van der Waals surface area contributed by atoms with E-state index in [1.165, 1.54) is 11.1 Å². The summed E-state index contributed by atoms with van der Waals surface area (Å²) in [5, 5.41) is 11.6. The van der Waals surface area contributed by atoms with Gasteiger partial charge in [0, 0.05) is 11.3 Å². The fraction of sp³-hybridized carbons (Fsp3) is 0.222. The highest BCUT2D eigenvalue weighted by molar-refractivity contribution is 5.57. The molecule has 0 saturated carbocycles. The molecule has 4 nitrogen and oxygen atoms in total. The van der Waals surface area contributed by atoms with Crippen LogP contribution in [0.2, 0.25) is 0 Å². The van der Waals surface area contributed by atoms with Gasteiger partial charge < -0.3 is 9.73 Å². The van der Waals surface area contributed by atoms with Crippen LogP contribution >= 0.6 is 0 Å². The quantitative estimate of drug-likeness (QED) is 0.780. The van der Waals surface area contributed by atoms with Crippen molar-refractivity contribution in [1.82, 2.24) is 10.2 Å². The van der Waals surface area contributed by atoms with Crippen LogP contribution in [-0.4, -0.2) is 10.2 Å². The van der Waals surface area contributed by atoms with Gasteiger partial charge in [-0.15, -0.1) is 10.2 Å². The molecule has 0 bridgehead atoms. The summed E-state index contributed by atoms with van der Waals surface area (Å²) < 4.78 is 5.74. The third-order valence-electron chi connectivity index (χ3n) is 3.79. The second kappa shape index (κ2) is 6.02. The summed E-state index contributed by atoms with van der Waals surface area (Å²) in [6, 6.07) is 14.3. The predicted octanol–water partition coefficient (Wildman–Crippen LogP) is 4.27. The lowest BCUT2D eigenvalue weighted by Gasteiger charge is -2.06. The van der Waals surface area contributed by atoms with Gasteiger partial charge in [-0.25, -0.2) is 0 Å². The third kappa shape index (κ3) is 3.01. The standard InChI is InChI=1S/C18H19N3O/c1-12-8-9-15(10-14(12)3)19-11-17-20-21-18(22-17)16-7-5-4-6-13(16)2/h4-10,19H,11H2,1-3H3. The summed E-state index contributed by atoms with van der Waals surface area (Å²) in [5.41, 5.74) is 5.70. The van der Waals surface area contributed by atoms with Gasteiger partial charge in [-0.2, -0.15) is 0 Å². The maximum absolute atomic E-state index is 5.74. The number of anilines is 1. The van der Waals surface area contributed by atoms with Crippen LogP contribution in [0.4, 0.5) is 5.69 Å². The molecule has 1 heterocycles. The van der Waals surface area contributed by atoms with E-state index in [9.17, 15) is 0 Å². The number of benzene rings is 2. The molecule has 0 aliphatic carbocycles. The number of hydrogen-bond acceptors (Lipinski definition) is 4. The Morgan fingerprint density at radius 2 is 1.73 bits per heavy atom. The van der Waals surface area contributed by atoms with Gasteiger partial charge in [0.1, 0.15) is 0 Å². The van der Waals surface area contributed by atoms with Gasteiger partial charge in [0.05, 0.1) is 6.54 Å². The zero-order valence-electron chi connectivity index (χ0n) is 13.1. The minimum atomic E-state index is 0.515. The van der Waals surface area contributed by atoms with Gasteiger partial charge in [-0.3, -0.25) is 0 Å². The maximum atomic E-state index is 5.74. The molecule has 0 atom stereocenters. The third-order valence-corrected chi connectivity index (χ3v) is 3.79. The summed E-state index contributed by atoms with van der Waals surface area (Å²) in [6.45, 7) is 6.75. The molecule has 2 aromatic carbocycles. The molecule has 0 aliphatic heterocycles.